The fourth-order valence-electron chi connectivity index (χ4n) is 3.54. The van der Waals surface area contributed by atoms with Gasteiger partial charge in [-0.1, -0.05) is 32.4 Å². The molecule has 0 radical (unpaired) electrons. The van der Waals surface area contributed by atoms with Gasteiger partial charge in [0.1, 0.15) is 5.75 Å². The van der Waals surface area contributed by atoms with Crippen molar-refractivity contribution in [2.45, 2.75) is 46.1 Å². The number of benzene rings is 1. The summed E-state index contributed by atoms with van der Waals surface area (Å²) in [5, 5.41) is 3.53. The standard InChI is InChI=1S/C17H27NO/c1-5-19-14-9-6-8-13(12-14)16(18-4)15-10-7-11-17(15,2)3/h6,8-9,12,15-16,18H,5,7,10-11H2,1-4H3. The highest BCUT2D eigenvalue weighted by atomic mass is 16.5. The van der Waals surface area contributed by atoms with Gasteiger partial charge >= 0.3 is 0 Å². The van der Waals surface area contributed by atoms with Crippen LogP contribution in [0.15, 0.2) is 24.3 Å². The third-order valence-corrected chi connectivity index (χ3v) is 4.58. The molecule has 0 spiro atoms. The van der Waals surface area contributed by atoms with Crippen molar-refractivity contribution in [3.63, 3.8) is 0 Å². The van der Waals surface area contributed by atoms with Crippen LogP contribution in [0.25, 0.3) is 0 Å². The fraction of sp³-hybridized carbons (Fsp3) is 0.647. The van der Waals surface area contributed by atoms with E-state index in [0.717, 1.165) is 12.4 Å². The molecule has 1 aliphatic carbocycles. The summed E-state index contributed by atoms with van der Waals surface area (Å²) in [5.41, 5.74) is 1.78. The molecule has 1 fully saturated rings. The first-order valence-electron chi connectivity index (χ1n) is 7.48. The van der Waals surface area contributed by atoms with E-state index in [4.69, 9.17) is 4.74 Å². The van der Waals surface area contributed by atoms with Crippen molar-refractivity contribution >= 4 is 0 Å². The molecule has 19 heavy (non-hydrogen) atoms. The van der Waals surface area contributed by atoms with Gasteiger partial charge in [-0.3, -0.25) is 0 Å². The van der Waals surface area contributed by atoms with Gasteiger partial charge in [0.2, 0.25) is 0 Å². The van der Waals surface area contributed by atoms with Crippen molar-refractivity contribution in [1.29, 1.82) is 0 Å². The Hall–Kier alpha value is -1.02. The molecule has 1 N–H and O–H groups in total. The Labute approximate surface area is 117 Å². The Kier molecular flexibility index (Phi) is 4.51. The zero-order valence-electron chi connectivity index (χ0n) is 12.7. The SMILES string of the molecule is CCOc1cccc(C(NC)C2CCCC2(C)C)c1. The van der Waals surface area contributed by atoms with Crippen molar-refractivity contribution in [1.82, 2.24) is 5.32 Å². The molecule has 2 atom stereocenters. The number of hydrogen-bond donors (Lipinski definition) is 1. The van der Waals surface area contributed by atoms with E-state index < -0.39 is 0 Å². The predicted molar refractivity (Wildman–Crippen MR) is 80.5 cm³/mol. The third kappa shape index (κ3) is 3.11. The average Bonchev–Trinajstić information content (AvgIpc) is 2.72. The second-order valence-electron chi connectivity index (χ2n) is 6.26. The van der Waals surface area contributed by atoms with E-state index in [9.17, 15) is 0 Å². The summed E-state index contributed by atoms with van der Waals surface area (Å²) in [6, 6.07) is 8.99. The molecule has 0 amide bonds. The molecule has 0 bridgehead atoms. The zero-order valence-corrected chi connectivity index (χ0v) is 12.7. The normalized spacial score (nSPS) is 23.3. The Morgan fingerprint density at radius 3 is 2.79 bits per heavy atom. The van der Waals surface area contributed by atoms with E-state index in [1.807, 2.05) is 13.0 Å². The van der Waals surface area contributed by atoms with Gasteiger partial charge in [0.05, 0.1) is 6.61 Å². The van der Waals surface area contributed by atoms with Crippen LogP contribution < -0.4 is 10.1 Å². The highest BCUT2D eigenvalue weighted by molar-refractivity contribution is 5.31. The molecular weight excluding hydrogens is 234 g/mol. The lowest BCUT2D eigenvalue weighted by molar-refractivity contribution is 0.203. The molecule has 0 saturated heterocycles. The van der Waals surface area contributed by atoms with Crippen LogP contribution in [0, 0.1) is 11.3 Å². The molecule has 2 rings (SSSR count). The zero-order chi connectivity index (χ0) is 13.9. The van der Waals surface area contributed by atoms with Crippen molar-refractivity contribution < 1.29 is 4.74 Å². The summed E-state index contributed by atoms with van der Waals surface area (Å²) in [6.07, 6.45) is 4.00. The second kappa shape index (κ2) is 5.96. The van der Waals surface area contributed by atoms with Gasteiger partial charge in [-0.15, -0.1) is 0 Å². The van der Waals surface area contributed by atoms with Crippen LogP contribution in [0.1, 0.15) is 51.6 Å². The van der Waals surface area contributed by atoms with E-state index in [2.05, 4.69) is 44.4 Å². The van der Waals surface area contributed by atoms with Crippen LogP contribution >= 0.6 is 0 Å². The van der Waals surface area contributed by atoms with E-state index in [-0.39, 0.29) is 0 Å². The molecule has 1 saturated carbocycles. The van der Waals surface area contributed by atoms with Gasteiger partial charge in [0, 0.05) is 6.04 Å². The summed E-state index contributed by atoms with van der Waals surface area (Å²) in [7, 11) is 2.08. The Morgan fingerprint density at radius 2 is 2.21 bits per heavy atom. The lowest BCUT2D eigenvalue weighted by Crippen LogP contribution is -2.32. The molecule has 0 aromatic heterocycles. The molecular formula is C17H27NO. The van der Waals surface area contributed by atoms with Crippen LogP contribution in [0.2, 0.25) is 0 Å². The maximum Gasteiger partial charge on any atom is 0.119 e. The minimum atomic E-state index is 0.426. The van der Waals surface area contributed by atoms with Gasteiger partial charge in [-0.2, -0.15) is 0 Å². The van der Waals surface area contributed by atoms with Crippen LogP contribution in [-0.2, 0) is 0 Å². The Morgan fingerprint density at radius 1 is 1.42 bits per heavy atom. The highest BCUT2D eigenvalue weighted by Crippen LogP contribution is 2.48. The largest absolute Gasteiger partial charge is 0.494 e. The summed E-state index contributed by atoms with van der Waals surface area (Å²) < 4.78 is 5.63. The number of ether oxygens (including phenoxy) is 1. The van der Waals surface area contributed by atoms with E-state index in [1.54, 1.807) is 0 Å². The molecule has 0 heterocycles. The molecule has 1 aromatic rings. The fourth-order valence-corrected chi connectivity index (χ4v) is 3.54. The van der Waals surface area contributed by atoms with Crippen LogP contribution in [0.3, 0.4) is 0 Å². The molecule has 1 aromatic carbocycles. The highest BCUT2D eigenvalue weighted by Gasteiger charge is 2.39. The van der Waals surface area contributed by atoms with Crippen LogP contribution in [-0.4, -0.2) is 13.7 Å². The second-order valence-corrected chi connectivity index (χ2v) is 6.26. The summed E-state index contributed by atoms with van der Waals surface area (Å²) in [5.74, 6) is 1.69. The van der Waals surface area contributed by atoms with Crippen molar-refractivity contribution in [3.8, 4) is 5.75 Å². The van der Waals surface area contributed by atoms with Crippen molar-refractivity contribution in [3.05, 3.63) is 29.8 Å². The molecule has 2 unspecified atom stereocenters. The lowest BCUT2D eigenvalue weighted by Gasteiger charge is -2.34. The Bertz CT molecular complexity index is 413. The first-order chi connectivity index (χ1) is 9.08. The third-order valence-electron chi connectivity index (χ3n) is 4.58. The smallest absolute Gasteiger partial charge is 0.119 e. The van der Waals surface area contributed by atoms with Crippen molar-refractivity contribution in [2.75, 3.05) is 13.7 Å². The average molecular weight is 261 g/mol. The number of rotatable bonds is 5. The minimum Gasteiger partial charge on any atom is -0.494 e. The van der Waals surface area contributed by atoms with Crippen LogP contribution in [0.5, 0.6) is 5.75 Å². The number of hydrogen-bond acceptors (Lipinski definition) is 2. The molecule has 1 aliphatic rings. The summed E-state index contributed by atoms with van der Waals surface area (Å²) in [6.45, 7) is 7.56. The first-order valence-corrected chi connectivity index (χ1v) is 7.48. The van der Waals surface area contributed by atoms with Gasteiger partial charge in [0.15, 0.2) is 0 Å². The van der Waals surface area contributed by atoms with E-state index in [1.165, 1.54) is 24.8 Å². The van der Waals surface area contributed by atoms with Gasteiger partial charge < -0.3 is 10.1 Å². The quantitative estimate of drug-likeness (QED) is 0.859. The van der Waals surface area contributed by atoms with Gasteiger partial charge in [0.25, 0.3) is 0 Å². The molecule has 106 valence electrons. The summed E-state index contributed by atoms with van der Waals surface area (Å²) in [4.78, 5) is 0. The lowest BCUT2D eigenvalue weighted by atomic mass is 9.75. The molecule has 0 aliphatic heterocycles. The Balaban J connectivity index is 2.24. The van der Waals surface area contributed by atoms with Gasteiger partial charge in [-0.25, -0.2) is 0 Å². The molecule has 2 nitrogen and oxygen atoms in total. The monoisotopic (exact) mass is 261 g/mol. The summed E-state index contributed by atoms with van der Waals surface area (Å²) >= 11 is 0. The van der Waals surface area contributed by atoms with E-state index in [0.29, 0.717) is 17.4 Å². The topological polar surface area (TPSA) is 21.3 Å². The number of nitrogens with one attached hydrogen (secondary N) is 1. The minimum absolute atomic E-state index is 0.426. The first kappa shape index (κ1) is 14.4. The predicted octanol–water partition coefficient (Wildman–Crippen LogP) is 4.17. The van der Waals surface area contributed by atoms with E-state index >= 15 is 0 Å². The maximum absolute atomic E-state index is 5.63. The van der Waals surface area contributed by atoms with Crippen molar-refractivity contribution in [2.24, 2.45) is 11.3 Å². The van der Waals surface area contributed by atoms with Crippen LogP contribution in [0.4, 0.5) is 0 Å². The maximum atomic E-state index is 5.63. The molecule has 2 heteroatoms. The van der Waals surface area contributed by atoms with Gasteiger partial charge in [-0.05, 0) is 55.8 Å².